The molecule has 19 heavy (non-hydrogen) atoms. The van der Waals surface area contributed by atoms with Crippen molar-refractivity contribution in [2.45, 2.75) is 19.9 Å². The molecule has 2 rings (SSSR count). The Labute approximate surface area is 126 Å². The van der Waals surface area contributed by atoms with Gasteiger partial charge in [0.1, 0.15) is 0 Å². The van der Waals surface area contributed by atoms with Crippen LogP contribution in [0.5, 0.6) is 0 Å². The van der Waals surface area contributed by atoms with Crippen LogP contribution in [0.4, 0.5) is 5.69 Å². The lowest BCUT2D eigenvalue weighted by atomic mass is 10.2. The molecule has 0 fully saturated rings. The molecule has 0 radical (unpaired) electrons. The van der Waals surface area contributed by atoms with E-state index in [0.29, 0.717) is 22.3 Å². The minimum Gasteiger partial charge on any atom is -0.396 e. The Morgan fingerprint density at radius 3 is 2.58 bits per heavy atom. The summed E-state index contributed by atoms with van der Waals surface area (Å²) in [6, 6.07) is 3.67. The van der Waals surface area contributed by atoms with E-state index in [-0.39, 0.29) is 0 Å². The summed E-state index contributed by atoms with van der Waals surface area (Å²) >= 11 is 13.6. The molecule has 0 spiro atoms. The summed E-state index contributed by atoms with van der Waals surface area (Å²) < 4.78 is 0. The van der Waals surface area contributed by atoms with Crippen LogP contribution < -0.4 is 11.1 Å². The number of benzene rings is 1. The van der Waals surface area contributed by atoms with Crippen molar-refractivity contribution in [3.63, 3.8) is 0 Å². The molecule has 0 aliphatic rings. The van der Waals surface area contributed by atoms with Crippen molar-refractivity contribution < 1.29 is 0 Å². The fraction of sp³-hybridized carbons (Fsp3) is 0.308. The lowest BCUT2D eigenvalue weighted by Crippen LogP contribution is -2.17. The number of hydrogen-bond acceptors (Lipinski definition) is 4. The van der Waals surface area contributed by atoms with Gasteiger partial charge in [-0.15, -0.1) is 11.3 Å². The summed E-state index contributed by atoms with van der Waals surface area (Å²) in [7, 11) is 0. The summed E-state index contributed by atoms with van der Waals surface area (Å²) in [5.74, 6) is 0. The van der Waals surface area contributed by atoms with Gasteiger partial charge in [0.25, 0.3) is 0 Å². The van der Waals surface area contributed by atoms with E-state index in [1.165, 1.54) is 0 Å². The van der Waals surface area contributed by atoms with E-state index in [1.54, 1.807) is 11.3 Å². The maximum Gasteiger partial charge on any atom is 0.0897 e. The second-order valence-electron chi connectivity index (χ2n) is 4.26. The molecule has 102 valence electrons. The second kappa shape index (κ2) is 6.57. The van der Waals surface area contributed by atoms with Crippen LogP contribution >= 0.6 is 34.5 Å². The SMILES string of the molecule is Cc1nc(CCNCc2cc(Cl)c(N)c(Cl)c2)cs1. The topological polar surface area (TPSA) is 50.9 Å². The van der Waals surface area contributed by atoms with Crippen molar-refractivity contribution in [3.05, 3.63) is 43.8 Å². The summed E-state index contributed by atoms with van der Waals surface area (Å²) in [5, 5.41) is 7.53. The average molecular weight is 316 g/mol. The number of nitrogens with two attached hydrogens (primary N) is 1. The van der Waals surface area contributed by atoms with Gasteiger partial charge < -0.3 is 11.1 Å². The molecular weight excluding hydrogens is 301 g/mol. The van der Waals surface area contributed by atoms with Crippen molar-refractivity contribution >= 4 is 40.2 Å². The molecule has 1 heterocycles. The molecule has 0 atom stereocenters. The average Bonchev–Trinajstić information content (AvgIpc) is 2.77. The van der Waals surface area contributed by atoms with Gasteiger partial charge in [0.15, 0.2) is 0 Å². The van der Waals surface area contributed by atoms with Gasteiger partial charge in [-0.1, -0.05) is 23.2 Å². The van der Waals surface area contributed by atoms with Gasteiger partial charge in [0.2, 0.25) is 0 Å². The Morgan fingerprint density at radius 2 is 2.00 bits per heavy atom. The van der Waals surface area contributed by atoms with E-state index < -0.39 is 0 Å². The van der Waals surface area contributed by atoms with E-state index in [2.05, 4.69) is 15.7 Å². The quantitative estimate of drug-likeness (QED) is 0.653. The molecule has 0 saturated heterocycles. The number of thiazole rings is 1. The third-order valence-electron chi connectivity index (χ3n) is 2.69. The molecule has 0 amide bonds. The number of anilines is 1. The maximum atomic E-state index is 5.98. The van der Waals surface area contributed by atoms with Crippen LogP contribution in [0.2, 0.25) is 10.0 Å². The lowest BCUT2D eigenvalue weighted by molar-refractivity contribution is 0.681. The largest absolute Gasteiger partial charge is 0.396 e. The molecule has 1 aromatic heterocycles. The zero-order chi connectivity index (χ0) is 13.8. The van der Waals surface area contributed by atoms with Gasteiger partial charge in [-0.2, -0.15) is 0 Å². The lowest BCUT2D eigenvalue weighted by Gasteiger charge is -2.07. The van der Waals surface area contributed by atoms with Crippen LogP contribution in [0.3, 0.4) is 0 Å². The van der Waals surface area contributed by atoms with E-state index in [9.17, 15) is 0 Å². The minimum absolute atomic E-state index is 0.435. The molecule has 0 aliphatic heterocycles. The number of rotatable bonds is 5. The predicted octanol–water partition coefficient (Wildman–Crippen LogP) is 3.67. The first kappa shape index (κ1) is 14.6. The zero-order valence-corrected chi connectivity index (χ0v) is 12.9. The normalized spacial score (nSPS) is 10.9. The first-order valence-corrected chi connectivity index (χ1v) is 7.55. The highest BCUT2D eigenvalue weighted by Gasteiger charge is 2.04. The van der Waals surface area contributed by atoms with E-state index in [0.717, 1.165) is 29.2 Å². The Morgan fingerprint density at radius 1 is 1.32 bits per heavy atom. The number of nitrogens with zero attached hydrogens (tertiary/aromatic N) is 1. The number of hydrogen-bond donors (Lipinski definition) is 2. The third-order valence-corrected chi connectivity index (χ3v) is 4.14. The number of aryl methyl sites for hydroxylation is 1. The van der Waals surface area contributed by atoms with E-state index in [1.807, 2.05) is 19.1 Å². The van der Waals surface area contributed by atoms with Gasteiger partial charge in [-0.3, -0.25) is 0 Å². The van der Waals surface area contributed by atoms with Crippen LogP contribution in [0.15, 0.2) is 17.5 Å². The van der Waals surface area contributed by atoms with Gasteiger partial charge in [0.05, 0.1) is 26.4 Å². The summed E-state index contributed by atoms with van der Waals surface area (Å²) in [4.78, 5) is 4.41. The summed E-state index contributed by atoms with van der Waals surface area (Å²) in [6.07, 6.45) is 0.917. The Bertz CT molecular complexity index is 546. The highest BCUT2D eigenvalue weighted by molar-refractivity contribution is 7.09. The van der Waals surface area contributed by atoms with Crippen LogP contribution in [-0.4, -0.2) is 11.5 Å². The fourth-order valence-corrected chi connectivity index (χ4v) is 2.89. The molecular formula is C13H15Cl2N3S. The number of aromatic nitrogens is 1. The van der Waals surface area contributed by atoms with Gasteiger partial charge in [-0.25, -0.2) is 4.98 Å². The highest BCUT2D eigenvalue weighted by Crippen LogP contribution is 2.28. The summed E-state index contributed by atoms with van der Waals surface area (Å²) in [6.45, 7) is 3.59. The monoisotopic (exact) mass is 315 g/mol. The molecule has 0 aliphatic carbocycles. The molecule has 3 N–H and O–H groups in total. The van der Waals surface area contributed by atoms with Crippen molar-refractivity contribution in [2.75, 3.05) is 12.3 Å². The van der Waals surface area contributed by atoms with Crippen LogP contribution in [0.1, 0.15) is 16.3 Å². The first-order valence-electron chi connectivity index (χ1n) is 5.91. The molecule has 0 bridgehead atoms. The van der Waals surface area contributed by atoms with Crippen molar-refractivity contribution in [1.82, 2.24) is 10.3 Å². The predicted molar refractivity (Wildman–Crippen MR) is 83.1 cm³/mol. The second-order valence-corrected chi connectivity index (χ2v) is 6.13. The van der Waals surface area contributed by atoms with Gasteiger partial charge in [-0.05, 0) is 24.6 Å². The molecule has 0 unspecified atom stereocenters. The smallest absolute Gasteiger partial charge is 0.0897 e. The van der Waals surface area contributed by atoms with Gasteiger partial charge in [0, 0.05) is 24.9 Å². The molecule has 1 aromatic carbocycles. The molecule has 0 saturated carbocycles. The number of nitrogen functional groups attached to an aromatic ring is 1. The van der Waals surface area contributed by atoms with Crippen molar-refractivity contribution in [1.29, 1.82) is 0 Å². The van der Waals surface area contributed by atoms with Crippen LogP contribution in [0, 0.1) is 6.92 Å². The maximum absolute atomic E-state index is 5.98. The van der Waals surface area contributed by atoms with E-state index >= 15 is 0 Å². The van der Waals surface area contributed by atoms with E-state index in [4.69, 9.17) is 28.9 Å². The summed E-state index contributed by atoms with van der Waals surface area (Å²) in [5.41, 5.74) is 8.28. The van der Waals surface area contributed by atoms with Crippen molar-refractivity contribution in [3.8, 4) is 0 Å². The van der Waals surface area contributed by atoms with Gasteiger partial charge >= 0.3 is 0 Å². The molecule has 2 aromatic rings. The third kappa shape index (κ3) is 4.08. The van der Waals surface area contributed by atoms with Crippen LogP contribution in [-0.2, 0) is 13.0 Å². The van der Waals surface area contributed by atoms with Crippen LogP contribution in [0.25, 0.3) is 0 Å². The minimum atomic E-state index is 0.435. The Kier molecular flexibility index (Phi) is 5.05. The Hall–Kier alpha value is -0.810. The zero-order valence-electron chi connectivity index (χ0n) is 10.5. The Balaban J connectivity index is 1.83. The standard InChI is InChI=1S/C13H15Cl2N3S/c1-8-18-10(7-19-8)2-3-17-6-9-4-11(14)13(16)12(15)5-9/h4-5,7,17H,2-3,6,16H2,1H3. The first-order chi connectivity index (χ1) is 9.06. The highest BCUT2D eigenvalue weighted by atomic mass is 35.5. The molecule has 3 nitrogen and oxygen atoms in total. The van der Waals surface area contributed by atoms with Crippen molar-refractivity contribution in [2.24, 2.45) is 0 Å². The number of nitrogens with one attached hydrogen (secondary N) is 1. The molecule has 6 heteroatoms. The fourth-order valence-electron chi connectivity index (χ4n) is 1.71. The number of halogens is 2.